The van der Waals surface area contributed by atoms with Crippen LogP contribution in [0.5, 0.6) is 11.6 Å². The Labute approximate surface area is 160 Å². The van der Waals surface area contributed by atoms with Crippen molar-refractivity contribution in [2.45, 2.75) is 33.6 Å². The van der Waals surface area contributed by atoms with Crippen LogP contribution < -0.4 is 10.1 Å². The summed E-state index contributed by atoms with van der Waals surface area (Å²) in [5, 5.41) is 7.57. The van der Waals surface area contributed by atoms with Gasteiger partial charge in [-0.05, 0) is 51.0 Å². The van der Waals surface area contributed by atoms with E-state index in [1.54, 1.807) is 0 Å². The number of ether oxygens (including phenoxy) is 1. The van der Waals surface area contributed by atoms with Crippen molar-refractivity contribution in [3.8, 4) is 17.3 Å². The van der Waals surface area contributed by atoms with Crippen molar-refractivity contribution in [1.82, 2.24) is 15.1 Å². The minimum absolute atomic E-state index is 0.0335. The average molecular weight is 363 g/mol. The summed E-state index contributed by atoms with van der Waals surface area (Å²) < 4.78 is 8.07. The smallest absolute Gasteiger partial charge is 0.226 e. The maximum Gasteiger partial charge on any atom is 0.226 e. The number of para-hydroxylation sites is 2. The molecule has 0 unspecified atom stereocenters. The lowest BCUT2D eigenvalue weighted by Crippen LogP contribution is -2.22. The molecule has 3 aromatic rings. The number of hydrogen-bond acceptors (Lipinski definition) is 3. The Hall–Kier alpha value is -3.08. The Balaban J connectivity index is 2.01. The Kier molecular flexibility index (Phi) is 5.91. The van der Waals surface area contributed by atoms with E-state index in [2.05, 4.69) is 5.32 Å². The van der Waals surface area contributed by atoms with Crippen LogP contribution in [-0.4, -0.2) is 22.2 Å². The highest BCUT2D eigenvalue weighted by Crippen LogP contribution is 2.32. The first kappa shape index (κ1) is 18.7. The lowest BCUT2D eigenvalue weighted by Gasteiger charge is -2.13. The number of aromatic nitrogens is 2. The molecule has 0 aliphatic rings. The summed E-state index contributed by atoms with van der Waals surface area (Å²) >= 11 is 0. The summed E-state index contributed by atoms with van der Waals surface area (Å²) in [6.45, 7) is 6.56. The lowest BCUT2D eigenvalue weighted by atomic mass is 10.1. The molecule has 1 heterocycles. The third-order valence-corrected chi connectivity index (χ3v) is 4.41. The molecule has 0 radical (unpaired) electrons. The lowest BCUT2D eigenvalue weighted by molar-refractivity contribution is -0.120. The molecule has 0 aliphatic heterocycles. The number of amides is 1. The monoisotopic (exact) mass is 363 g/mol. The van der Waals surface area contributed by atoms with E-state index >= 15 is 0 Å². The molecule has 0 aliphatic carbocycles. The normalized spacial score (nSPS) is 10.6. The second-order valence-electron chi connectivity index (χ2n) is 6.44. The average Bonchev–Trinajstić information content (AvgIpc) is 2.97. The molecular weight excluding hydrogens is 338 g/mol. The Bertz CT molecular complexity index is 917. The molecule has 0 fully saturated rings. The Morgan fingerprint density at radius 3 is 2.48 bits per heavy atom. The van der Waals surface area contributed by atoms with Crippen LogP contribution in [0.4, 0.5) is 0 Å². The Morgan fingerprint density at radius 1 is 1.07 bits per heavy atom. The topological polar surface area (TPSA) is 56.2 Å². The van der Waals surface area contributed by atoms with E-state index < -0.39 is 0 Å². The van der Waals surface area contributed by atoms with Crippen LogP contribution in [0.25, 0.3) is 5.69 Å². The second kappa shape index (κ2) is 8.54. The minimum atomic E-state index is 0.0335. The highest BCUT2D eigenvalue weighted by Gasteiger charge is 2.20. The molecule has 3 rings (SSSR count). The summed E-state index contributed by atoms with van der Waals surface area (Å²) in [4.78, 5) is 11.9. The number of aryl methyl sites for hydroxylation is 2. The van der Waals surface area contributed by atoms with Gasteiger partial charge in [0, 0.05) is 18.5 Å². The zero-order valence-corrected chi connectivity index (χ0v) is 16.0. The summed E-state index contributed by atoms with van der Waals surface area (Å²) in [6.07, 6.45) is 0.977. The van der Waals surface area contributed by atoms with Gasteiger partial charge in [0.1, 0.15) is 5.75 Å². The fourth-order valence-electron chi connectivity index (χ4n) is 3.02. The predicted octanol–water partition coefficient (Wildman–Crippen LogP) is 4.35. The largest absolute Gasteiger partial charge is 0.439 e. The van der Waals surface area contributed by atoms with E-state index in [4.69, 9.17) is 9.84 Å². The molecule has 0 spiro atoms. The van der Waals surface area contributed by atoms with E-state index in [0.717, 1.165) is 28.3 Å². The van der Waals surface area contributed by atoms with Crippen LogP contribution in [0.1, 0.15) is 30.2 Å². The zero-order valence-electron chi connectivity index (χ0n) is 16.0. The van der Waals surface area contributed by atoms with E-state index in [0.29, 0.717) is 25.3 Å². The first-order chi connectivity index (χ1) is 13.1. The van der Waals surface area contributed by atoms with Gasteiger partial charge in [-0.25, -0.2) is 0 Å². The molecule has 1 amide bonds. The molecule has 1 N–H and O–H groups in total. The van der Waals surface area contributed by atoms with Crippen molar-refractivity contribution in [2.24, 2.45) is 0 Å². The van der Waals surface area contributed by atoms with Gasteiger partial charge in [0.2, 0.25) is 11.8 Å². The Morgan fingerprint density at radius 2 is 1.78 bits per heavy atom. The van der Waals surface area contributed by atoms with E-state index in [1.807, 2.05) is 80.1 Å². The minimum Gasteiger partial charge on any atom is -0.439 e. The van der Waals surface area contributed by atoms with E-state index in [9.17, 15) is 4.79 Å². The highest BCUT2D eigenvalue weighted by atomic mass is 16.5. The van der Waals surface area contributed by atoms with Gasteiger partial charge in [-0.15, -0.1) is 0 Å². The molecule has 5 heteroatoms. The van der Waals surface area contributed by atoms with Crippen molar-refractivity contribution < 1.29 is 9.53 Å². The van der Waals surface area contributed by atoms with Crippen molar-refractivity contribution in [3.05, 3.63) is 71.4 Å². The fourth-order valence-corrected chi connectivity index (χ4v) is 3.02. The van der Waals surface area contributed by atoms with Crippen molar-refractivity contribution in [1.29, 1.82) is 0 Å². The van der Waals surface area contributed by atoms with Gasteiger partial charge >= 0.3 is 0 Å². The quantitative estimate of drug-likeness (QED) is 0.679. The maximum absolute atomic E-state index is 11.9. The van der Waals surface area contributed by atoms with Gasteiger partial charge < -0.3 is 10.1 Å². The van der Waals surface area contributed by atoms with Gasteiger partial charge in [-0.2, -0.15) is 9.78 Å². The van der Waals surface area contributed by atoms with Crippen LogP contribution in [0.15, 0.2) is 54.6 Å². The maximum atomic E-state index is 11.9. The zero-order chi connectivity index (χ0) is 19.2. The van der Waals surface area contributed by atoms with Crippen molar-refractivity contribution in [3.63, 3.8) is 0 Å². The molecule has 0 saturated heterocycles. The number of hydrogen-bond donors (Lipinski definition) is 1. The van der Waals surface area contributed by atoms with Crippen LogP contribution in [0.2, 0.25) is 0 Å². The first-order valence-electron chi connectivity index (χ1n) is 9.24. The van der Waals surface area contributed by atoms with Gasteiger partial charge in [-0.3, -0.25) is 4.79 Å². The SMILES string of the molecule is CCNC(=O)CCc1c(C)nn(-c2ccccc2C)c1Oc1ccccc1. The summed E-state index contributed by atoms with van der Waals surface area (Å²) in [7, 11) is 0. The van der Waals surface area contributed by atoms with Crippen LogP contribution >= 0.6 is 0 Å². The molecule has 0 atom stereocenters. The number of carbonyl (C=O) groups excluding carboxylic acids is 1. The molecule has 0 saturated carbocycles. The molecule has 1 aromatic heterocycles. The van der Waals surface area contributed by atoms with Crippen molar-refractivity contribution in [2.75, 3.05) is 6.54 Å². The number of nitrogens with zero attached hydrogens (tertiary/aromatic N) is 2. The first-order valence-corrected chi connectivity index (χ1v) is 9.24. The van der Waals surface area contributed by atoms with Crippen LogP contribution in [0, 0.1) is 13.8 Å². The fraction of sp³-hybridized carbons (Fsp3) is 0.273. The molecule has 0 bridgehead atoms. The second-order valence-corrected chi connectivity index (χ2v) is 6.44. The van der Waals surface area contributed by atoms with Gasteiger partial charge in [0.25, 0.3) is 0 Å². The van der Waals surface area contributed by atoms with Gasteiger partial charge in [0.15, 0.2) is 0 Å². The number of rotatable bonds is 7. The molecule has 140 valence electrons. The molecule has 27 heavy (non-hydrogen) atoms. The standard InChI is InChI=1S/C22H25N3O2/c1-4-23-21(26)15-14-19-17(3)24-25(20-13-9-8-10-16(20)2)22(19)27-18-11-6-5-7-12-18/h5-13H,4,14-15H2,1-3H3,(H,23,26). The molecule has 2 aromatic carbocycles. The summed E-state index contributed by atoms with van der Waals surface area (Å²) in [6, 6.07) is 17.7. The third kappa shape index (κ3) is 4.37. The van der Waals surface area contributed by atoms with Gasteiger partial charge in [-0.1, -0.05) is 36.4 Å². The van der Waals surface area contributed by atoms with Crippen LogP contribution in [-0.2, 0) is 11.2 Å². The number of benzene rings is 2. The summed E-state index contributed by atoms with van der Waals surface area (Å²) in [5.41, 5.74) is 3.89. The number of nitrogens with one attached hydrogen (secondary N) is 1. The predicted molar refractivity (Wildman–Crippen MR) is 107 cm³/mol. The van der Waals surface area contributed by atoms with E-state index in [1.165, 1.54) is 0 Å². The van der Waals surface area contributed by atoms with Crippen molar-refractivity contribution >= 4 is 5.91 Å². The number of carbonyl (C=O) groups is 1. The third-order valence-electron chi connectivity index (χ3n) is 4.41. The van der Waals surface area contributed by atoms with E-state index in [-0.39, 0.29) is 5.91 Å². The molecular formula is C22H25N3O2. The van der Waals surface area contributed by atoms with Crippen LogP contribution in [0.3, 0.4) is 0 Å². The molecule has 5 nitrogen and oxygen atoms in total. The summed E-state index contributed by atoms with van der Waals surface area (Å²) in [5.74, 6) is 1.44. The highest BCUT2D eigenvalue weighted by molar-refractivity contribution is 5.76. The van der Waals surface area contributed by atoms with Gasteiger partial charge in [0.05, 0.1) is 11.4 Å².